The Morgan fingerprint density at radius 1 is 1.50 bits per heavy atom. The highest BCUT2D eigenvalue weighted by Gasteiger charge is 2.04. The molecule has 1 heterocycles. The van der Waals surface area contributed by atoms with Crippen LogP contribution in [0.25, 0.3) is 0 Å². The molecule has 0 saturated carbocycles. The molecule has 0 aliphatic carbocycles. The smallest absolute Gasteiger partial charge is 0.305 e. The first-order valence-electron chi connectivity index (χ1n) is 4.99. The molecule has 0 atom stereocenters. The Balaban J connectivity index is 2.24. The summed E-state index contributed by atoms with van der Waals surface area (Å²) in [5.41, 5.74) is 0.514. The topological polar surface area (TPSA) is 68.3 Å². The van der Waals surface area contributed by atoms with Crippen LogP contribution in [0.2, 0.25) is 0 Å². The lowest BCUT2D eigenvalue weighted by Crippen LogP contribution is -2.25. The van der Waals surface area contributed by atoms with Crippen molar-refractivity contribution in [2.45, 2.75) is 12.8 Å². The Morgan fingerprint density at radius 2 is 2.31 bits per heavy atom. The van der Waals surface area contributed by atoms with E-state index in [1.165, 1.54) is 13.3 Å². The molecule has 5 heteroatoms. The molecule has 0 fully saturated rings. The average molecular weight is 222 g/mol. The van der Waals surface area contributed by atoms with Gasteiger partial charge in [-0.1, -0.05) is 0 Å². The summed E-state index contributed by atoms with van der Waals surface area (Å²) in [5.74, 6) is -0.450. The van der Waals surface area contributed by atoms with Gasteiger partial charge in [0.05, 0.1) is 12.7 Å². The van der Waals surface area contributed by atoms with Crippen LogP contribution < -0.4 is 5.32 Å². The second-order valence-electron chi connectivity index (χ2n) is 3.18. The third-order valence-electron chi connectivity index (χ3n) is 1.99. The molecule has 0 unspecified atom stereocenters. The van der Waals surface area contributed by atoms with Gasteiger partial charge in [-0.2, -0.15) is 0 Å². The first kappa shape index (κ1) is 12.2. The van der Waals surface area contributed by atoms with Crippen LogP contribution in [0.5, 0.6) is 0 Å². The molecular weight excluding hydrogens is 208 g/mol. The quantitative estimate of drug-likeness (QED) is 0.590. The fourth-order valence-electron chi connectivity index (χ4n) is 1.14. The maximum absolute atomic E-state index is 11.5. The summed E-state index contributed by atoms with van der Waals surface area (Å²) in [5, 5.41) is 2.69. The number of carbonyl (C=O) groups is 2. The molecule has 5 nitrogen and oxygen atoms in total. The molecule has 1 aromatic rings. The SMILES string of the molecule is COC(=O)CCCNC(=O)c1cccnc1. The summed E-state index contributed by atoms with van der Waals surface area (Å²) < 4.78 is 4.48. The van der Waals surface area contributed by atoms with Gasteiger partial charge in [0.1, 0.15) is 0 Å². The minimum atomic E-state index is -0.268. The van der Waals surface area contributed by atoms with Crippen molar-refractivity contribution in [2.24, 2.45) is 0 Å². The average Bonchev–Trinajstić information content (AvgIpc) is 2.35. The number of rotatable bonds is 5. The summed E-state index contributed by atoms with van der Waals surface area (Å²) in [6, 6.07) is 3.38. The summed E-state index contributed by atoms with van der Waals surface area (Å²) in [7, 11) is 1.34. The largest absolute Gasteiger partial charge is 0.469 e. The zero-order valence-electron chi connectivity index (χ0n) is 9.10. The van der Waals surface area contributed by atoms with Crippen LogP contribution in [0.1, 0.15) is 23.2 Å². The van der Waals surface area contributed by atoms with Crippen molar-refractivity contribution < 1.29 is 14.3 Å². The van der Waals surface area contributed by atoms with Gasteiger partial charge >= 0.3 is 5.97 Å². The molecular formula is C11H14N2O3. The number of nitrogens with one attached hydrogen (secondary N) is 1. The molecule has 0 aromatic carbocycles. The lowest BCUT2D eigenvalue weighted by Gasteiger charge is -2.03. The van der Waals surface area contributed by atoms with Crippen molar-refractivity contribution in [3.05, 3.63) is 30.1 Å². The maximum Gasteiger partial charge on any atom is 0.305 e. The second-order valence-corrected chi connectivity index (χ2v) is 3.18. The Hall–Kier alpha value is -1.91. The predicted octanol–water partition coefficient (Wildman–Crippen LogP) is 0.765. The van der Waals surface area contributed by atoms with Gasteiger partial charge in [-0.3, -0.25) is 14.6 Å². The van der Waals surface area contributed by atoms with Crippen LogP contribution in [0.3, 0.4) is 0 Å². The summed E-state index contributed by atoms with van der Waals surface area (Å²) >= 11 is 0. The van der Waals surface area contributed by atoms with E-state index >= 15 is 0 Å². The van der Waals surface area contributed by atoms with Crippen LogP contribution in [-0.2, 0) is 9.53 Å². The van der Waals surface area contributed by atoms with Crippen LogP contribution in [0.4, 0.5) is 0 Å². The summed E-state index contributed by atoms with van der Waals surface area (Å²) in [6.45, 7) is 0.447. The number of ether oxygens (including phenoxy) is 1. The van der Waals surface area contributed by atoms with Gasteiger partial charge in [-0.05, 0) is 18.6 Å². The monoisotopic (exact) mass is 222 g/mol. The first-order chi connectivity index (χ1) is 7.74. The summed E-state index contributed by atoms with van der Waals surface area (Å²) in [4.78, 5) is 26.1. The number of aromatic nitrogens is 1. The van der Waals surface area contributed by atoms with Crippen LogP contribution in [0.15, 0.2) is 24.5 Å². The van der Waals surface area contributed by atoms with Crippen molar-refractivity contribution >= 4 is 11.9 Å². The lowest BCUT2D eigenvalue weighted by atomic mass is 10.2. The number of pyridine rings is 1. The van der Waals surface area contributed by atoms with Gasteiger partial charge in [0.15, 0.2) is 0 Å². The highest BCUT2D eigenvalue weighted by molar-refractivity contribution is 5.93. The Bertz CT molecular complexity index is 352. The number of nitrogens with zero attached hydrogens (tertiary/aromatic N) is 1. The number of hydrogen-bond acceptors (Lipinski definition) is 4. The third kappa shape index (κ3) is 4.08. The van der Waals surface area contributed by atoms with E-state index in [4.69, 9.17) is 0 Å². The summed E-state index contributed by atoms with van der Waals surface area (Å²) in [6.07, 6.45) is 3.98. The molecule has 1 rings (SSSR count). The predicted molar refractivity (Wildman–Crippen MR) is 57.8 cm³/mol. The minimum absolute atomic E-state index is 0.182. The van der Waals surface area contributed by atoms with Crippen molar-refractivity contribution in [1.29, 1.82) is 0 Å². The van der Waals surface area contributed by atoms with Crippen molar-refractivity contribution in [3.8, 4) is 0 Å². The van der Waals surface area contributed by atoms with E-state index < -0.39 is 0 Å². The molecule has 0 spiro atoms. The molecule has 1 N–H and O–H groups in total. The van der Waals surface area contributed by atoms with E-state index in [-0.39, 0.29) is 11.9 Å². The lowest BCUT2D eigenvalue weighted by molar-refractivity contribution is -0.140. The third-order valence-corrected chi connectivity index (χ3v) is 1.99. The molecule has 1 amide bonds. The zero-order chi connectivity index (χ0) is 11.8. The van der Waals surface area contributed by atoms with Gasteiger partial charge in [0, 0.05) is 25.4 Å². The van der Waals surface area contributed by atoms with E-state index in [2.05, 4.69) is 15.0 Å². The van der Waals surface area contributed by atoms with Gasteiger partial charge < -0.3 is 10.1 Å². The molecule has 1 aromatic heterocycles. The molecule has 16 heavy (non-hydrogen) atoms. The fourth-order valence-corrected chi connectivity index (χ4v) is 1.14. The van der Waals surface area contributed by atoms with Crippen LogP contribution >= 0.6 is 0 Å². The van der Waals surface area contributed by atoms with Crippen molar-refractivity contribution in [3.63, 3.8) is 0 Å². The van der Waals surface area contributed by atoms with Gasteiger partial charge in [0.25, 0.3) is 5.91 Å². The van der Waals surface area contributed by atoms with Gasteiger partial charge in [0.2, 0.25) is 0 Å². The minimum Gasteiger partial charge on any atom is -0.469 e. The van der Waals surface area contributed by atoms with Crippen molar-refractivity contribution in [1.82, 2.24) is 10.3 Å². The zero-order valence-corrected chi connectivity index (χ0v) is 9.10. The maximum atomic E-state index is 11.5. The van der Waals surface area contributed by atoms with E-state index in [9.17, 15) is 9.59 Å². The van der Waals surface area contributed by atoms with E-state index in [0.29, 0.717) is 24.9 Å². The van der Waals surface area contributed by atoms with Crippen LogP contribution in [0, 0.1) is 0 Å². The van der Waals surface area contributed by atoms with E-state index in [1.54, 1.807) is 18.3 Å². The highest BCUT2D eigenvalue weighted by Crippen LogP contribution is 1.96. The second kappa shape index (κ2) is 6.55. The van der Waals surface area contributed by atoms with E-state index in [1.807, 2.05) is 0 Å². The number of amides is 1. The number of methoxy groups -OCH3 is 1. The van der Waals surface area contributed by atoms with Crippen LogP contribution in [-0.4, -0.2) is 30.5 Å². The molecule has 86 valence electrons. The van der Waals surface area contributed by atoms with Gasteiger partial charge in [-0.25, -0.2) is 0 Å². The molecule has 0 bridgehead atoms. The standard InChI is InChI=1S/C11H14N2O3/c1-16-10(14)5-3-7-13-11(15)9-4-2-6-12-8-9/h2,4,6,8H,3,5,7H2,1H3,(H,13,15). The Labute approximate surface area is 93.8 Å². The van der Waals surface area contributed by atoms with Gasteiger partial charge in [-0.15, -0.1) is 0 Å². The van der Waals surface area contributed by atoms with E-state index in [0.717, 1.165) is 0 Å². The fraction of sp³-hybridized carbons (Fsp3) is 0.364. The Morgan fingerprint density at radius 3 is 2.94 bits per heavy atom. The molecule has 0 aliphatic rings. The van der Waals surface area contributed by atoms with Crippen molar-refractivity contribution in [2.75, 3.05) is 13.7 Å². The molecule has 0 radical (unpaired) electrons. The highest BCUT2D eigenvalue weighted by atomic mass is 16.5. The number of esters is 1. The molecule has 0 saturated heterocycles. The Kier molecular flexibility index (Phi) is 4.98. The first-order valence-corrected chi connectivity index (χ1v) is 4.99. The molecule has 0 aliphatic heterocycles. The normalized spacial score (nSPS) is 9.56. The number of hydrogen-bond donors (Lipinski definition) is 1. The number of carbonyl (C=O) groups excluding carboxylic acids is 2.